The molecule has 0 aromatic rings. The molecule has 1 unspecified atom stereocenters. The molecule has 0 saturated carbocycles. The summed E-state index contributed by atoms with van der Waals surface area (Å²) in [4.78, 5) is 22.4. The van der Waals surface area contributed by atoms with Gasteiger partial charge in [-0.25, -0.2) is 0 Å². The molecule has 0 fully saturated rings. The van der Waals surface area contributed by atoms with Crippen molar-refractivity contribution in [2.24, 2.45) is 5.92 Å². The zero-order valence-corrected chi connectivity index (χ0v) is 10.3. The van der Waals surface area contributed by atoms with Crippen molar-refractivity contribution in [1.29, 1.82) is 0 Å². The number of carbonyl (C=O) groups excluding carboxylic acids is 2. The molecule has 0 radical (unpaired) electrons. The quantitative estimate of drug-likeness (QED) is 0.465. The second-order valence-corrected chi connectivity index (χ2v) is 3.66. The average Bonchev–Trinajstić information content (AvgIpc) is 2.24. The monoisotopic (exact) mass is 230 g/mol. The van der Waals surface area contributed by atoms with E-state index >= 15 is 0 Å². The third-order valence-electron chi connectivity index (χ3n) is 2.12. The molecule has 0 aliphatic carbocycles. The molecular weight excluding hydrogens is 208 g/mol. The van der Waals surface area contributed by atoms with Gasteiger partial charge in [-0.1, -0.05) is 6.92 Å². The minimum atomic E-state index is -0.208. The lowest BCUT2D eigenvalue weighted by Crippen LogP contribution is -2.34. The van der Waals surface area contributed by atoms with Gasteiger partial charge in [0.2, 0.25) is 5.91 Å². The largest absolute Gasteiger partial charge is 0.466 e. The molecule has 1 atom stereocenters. The van der Waals surface area contributed by atoms with Crippen molar-refractivity contribution in [3.63, 3.8) is 0 Å². The van der Waals surface area contributed by atoms with Crippen LogP contribution in [0.25, 0.3) is 0 Å². The molecule has 94 valence electrons. The van der Waals surface area contributed by atoms with Crippen LogP contribution in [0.3, 0.4) is 0 Å². The summed E-state index contributed by atoms with van der Waals surface area (Å²) in [5.74, 6) is -0.245. The predicted molar refractivity (Wildman–Crippen MR) is 62.0 cm³/mol. The molecule has 0 rings (SSSR count). The second-order valence-electron chi connectivity index (χ2n) is 3.66. The summed E-state index contributed by atoms with van der Waals surface area (Å²) < 4.78 is 4.77. The van der Waals surface area contributed by atoms with Gasteiger partial charge in [0.05, 0.1) is 6.61 Å². The van der Waals surface area contributed by atoms with Crippen LogP contribution in [0.2, 0.25) is 0 Å². The lowest BCUT2D eigenvalue weighted by Gasteiger charge is -2.11. The van der Waals surface area contributed by atoms with Gasteiger partial charge in [0.1, 0.15) is 0 Å². The molecule has 2 N–H and O–H groups in total. The highest BCUT2D eigenvalue weighted by Gasteiger charge is 2.10. The van der Waals surface area contributed by atoms with Crippen LogP contribution in [0.15, 0.2) is 0 Å². The molecule has 16 heavy (non-hydrogen) atoms. The van der Waals surface area contributed by atoms with Crippen LogP contribution in [-0.4, -0.2) is 38.6 Å². The lowest BCUT2D eigenvalue weighted by atomic mass is 10.1. The molecule has 0 aromatic heterocycles. The number of ether oxygens (including phenoxy) is 1. The van der Waals surface area contributed by atoms with Crippen molar-refractivity contribution in [3.05, 3.63) is 0 Å². The van der Waals surface area contributed by atoms with Crippen LogP contribution in [0.4, 0.5) is 0 Å². The Labute approximate surface area is 96.9 Å². The van der Waals surface area contributed by atoms with E-state index in [0.717, 1.165) is 0 Å². The predicted octanol–water partition coefficient (Wildman–Crippen LogP) is 0.301. The van der Waals surface area contributed by atoms with Crippen molar-refractivity contribution in [2.45, 2.75) is 26.7 Å². The summed E-state index contributed by atoms with van der Waals surface area (Å²) in [6.07, 6.45) is 0.978. The number of nitrogens with one attached hydrogen (secondary N) is 2. The van der Waals surface area contributed by atoms with Crippen molar-refractivity contribution < 1.29 is 14.3 Å². The van der Waals surface area contributed by atoms with Gasteiger partial charge in [-0.05, 0) is 20.4 Å². The molecule has 0 aromatic carbocycles. The highest BCUT2D eigenvalue weighted by Crippen LogP contribution is 1.94. The topological polar surface area (TPSA) is 67.4 Å². The molecular formula is C11H22N2O3. The summed E-state index contributed by atoms with van der Waals surface area (Å²) in [6, 6.07) is 0. The lowest BCUT2D eigenvalue weighted by molar-refractivity contribution is -0.143. The summed E-state index contributed by atoms with van der Waals surface area (Å²) >= 11 is 0. The van der Waals surface area contributed by atoms with E-state index < -0.39 is 0 Å². The summed E-state index contributed by atoms with van der Waals surface area (Å²) in [7, 11) is 1.81. The Morgan fingerprint density at radius 3 is 2.62 bits per heavy atom. The van der Waals surface area contributed by atoms with Gasteiger partial charge in [-0.15, -0.1) is 0 Å². The molecule has 0 spiro atoms. The van der Waals surface area contributed by atoms with E-state index in [9.17, 15) is 9.59 Å². The maximum Gasteiger partial charge on any atom is 0.305 e. The van der Waals surface area contributed by atoms with Gasteiger partial charge < -0.3 is 15.4 Å². The SMILES string of the molecule is CCOC(=O)CCCNC(=O)C(C)CNC. The van der Waals surface area contributed by atoms with Crippen molar-refractivity contribution in [3.8, 4) is 0 Å². The van der Waals surface area contributed by atoms with Gasteiger partial charge in [0.15, 0.2) is 0 Å². The Hall–Kier alpha value is -1.10. The average molecular weight is 230 g/mol. The number of esters is 1. The fourth-order valence-electron chi connectivity index (χ4n) is 1.25. The van der Waals surface area contributed by atoms with E-state index in [2.05, 4.69) is 10.6 Å². The molecule has 0 bridgehead atoms. The van der Waals surface area contributed by atoms with E-state index in [1.54, 1.807) is 6.92 Å². The maximum atomic E-state index is 11.4. The number of hydrogen-bond donors (Lipinski definition) is 2. The third-order valence-corrected chi connectivity index (χ3v) is 2.12. The van der Waals surface area contributed by atoms with E-state index in [4.69, 9.17) is 4.74 Å². The van der Waals surface area contributed by atoms with Crippen molar-refractivity contribution in [1.82, 2.24) is 10.6 Å². The number of rotatable bonds is 8. The molecule has 0 saturated heterocycles. The van der Waals surface area contributed by atoms with Crippen LogP contribution in [0, 0.1) is 5.92 Å². The molecule has 5 nitrogen and oxygen atoms in total. The van der Waals surface area contributed by atoms with Crippen LogP contribution >= 0.6 is 0 Å². The van der Waals surface area contributed by atoms with Crippen LogP contribution < -0.4 is 10.6 Å². The van der Waals surface area contributed by atoms with Crippen LogP contribution in [0.5, 0.6) is 0 Å². The minimum absolute atomic E-state index is 0.0122. The molecule has 0 aliphatic heterocycles. The summed E-state index contributed by atoms with van der Waals surface area (Å²) in [5, 5.41) is 5.72. The summed E-state index contributed by atoms with van der Waals surface area (Å²) in [6.45, 7) is 5.22. The first-order valence-corrected chi connectivity index (χ1v) is 5.69. The molecule has 0 aliphatic rings. The minimum Gasteiger partial charge on any atom is -0.466 e. The summed E-state index contributed by atoms with van der Waals surface area (Å²) in [5.41, 5.74) is 0. The van der Waals surface area contributed by atoms with Gasteiger partial charge >= 0.3 is 5.97 Å². The van der Waals surface area contributed by atoms with E-state index in [-0.39, 0.29) is 17.8 Å². The van der Waals surface area contributed by atoms with E-state index in [0.29, 0.717) is 32.5 Å². The molecule has 5 heteroatoms. The Balaban J connectivity index is 3.51. The zero-order chi connectivity index (χ0) is 12.4. The standard InChI is InChI=1S/C11H22N2O3/c1-4-16-10(14)6-5-7-13-11(15)9(2)8-12-3/h9,12H,4-8H2,1-3H3,(H,13,15). The fourth-order valence-corrected chi connectivity index (χ4v) is 1.25. The second kappa shape index (κ2) is 9.15. The number of amides is 1. The Morgan fingerprint density at radius 1 is 1.38 bits per heavy atom. The highest BCUT2D eigenvalue weighted by atomic mass is 16.5. The van der Waals surface area contributed by atoms with E-state index in [1.807, 2.05) is 14.0 Å². The molecule has 0 heterocycles. The third kappa shape index (κ3) is 7.23. The first-order chi connectivity index (χ1) is 7.61. The number of hydrogen-bond acceptors (Lipinski definition) is 4. The zero-order valence-electron chi connectivity index (χ0n) is 10.3. The van der Waals surface area contributed by atoms with Crippen molar-refractivity contribution >= 4 is 11.9 Å². The number of carbonyl (C=O) groups is 2. The fraction of sp³-hybridized carbons (Fsp3) is 0.818. The Morgan fingerprint density at radius 2 is 2.06 bits per heavy atom. The normalized spacial score (nSPS) is 11.9. The maximum absolute atomic E-state index is 11.4. The first-order valence-electron chi connectivity index (χ1n) is 5.69. The first kappa shape index (κ1) is 14.9. The van der Waals surface area contributed by atoms with E-state index in [1.165, 1.54) is 0 Å². The smallest absolute Gasteiger partial charge is 0.305 e. The Bertz CT molecular complexity index is 219. The Kier molecular flexibility index (Phi) is 8.52. The van der Waals surface area contributed by atoms with Crippen LogP contribution in [-0.2, 0) is 14.3 Å². The highest BCUT2D eigenvalue weighted by molar-refractivity contribution is 5.78. The van der Waals surface area contributed by atoms with Crippen molar-refractivity contribution in [2.75, 3.05) is 26.7 Å². The van der Waals surface area contributed by atoms with Gasteiger partial charge in [-0.2, -0.15) is 0 Å². The van der Waals surface area contributed by atoms with Gasteiger partial charge in [0.25, 0.3) is 0 Å². The van der Waals surface area contributed by atoms with Gasteiger partial charge in [-0.3, -0.25) is 9.59 Å². The molecule has 1 amide bonds. The van der Waals surface area contributed by atoms with Gasteiger partial charge in [0, 0.05) is 25.4 Å². The van der Waals surface area contributed by atoms with Crippen LogP contribution in [0.1, 0.15) is 26.7 Å².